The molecule has 1 aliphatic carbocycles. The highest BCUT2D eigenvalue weighted by Crippen LogP contribution is 2.59. The van der Waals surface area contributed by atoms with Crippen LogP contribution in [0.5, 0.6) is 0 Å². The predicted octanol–water partition coefficient (Wildman–Crippen LogP) is 5.52. The molecule has 4 nitrogen and oxygen atoms in total. The predicted molar refractivity (Wildman–Crippen MR) is 121 cm³/mol. The molecule has 0 radical (unpaired) electrons. The number of nitrogens with zero attached hydrogens (tertiary/aromatic N) is 2. The van der Waals surface area contributed by atoms with E-state index in [1.807, 2.05) is 0 Å². The highest BCUT2D eigenvalue weighted by molar-refractivity contribution is 5.58. The van der Waals surface area contributed by atoms with Gasteiger partial charge in [0, 0.05) is 29.9 Å². The van der Waals surface area contributed by atoms with Crippen LogP contribution in [0.2, 0.25) is 0 Å². The lowest BCUT2D eigenvalue weighted by molar-refractivity contribution is -0.137. The summed E-state index contributed by atoms with van der Waals surface area (Å²) in [6.07, 6.45) is 1.96. The smallest absolute Gasteiger partial charge is 0.304 e. The number of rotatable bonds is 7. The van der Waals surface area contributed by atoms with Crippen molar-refractivity contribution in [2.75, 3.05) is 0 Å². The van der Waals surface area contributed by atoms with E-state index in [1.165, 1.54) is 10.6 Å². The third-order valence-electron chi connectivity index (χ3n) is 7.09. The number of aromatic nitrogens is 2. The Kier molecular flexibility index (Phi) is 5.80. The third kappa shape index (κ3) is 4.39. The van der Waals surface area contributed by atoms with E-state index in [1.54, 1.807) is 42.6 Å². The molecule has 1 aliphatic heterocycles. The number of benzene rings is 2. The standard InChI is InChI=1S/C26H25F4N3O/c27-22-7-2-1-6-21(22)23-12-14-33(24(34)31-23)13-4-3-5-20-15-19-16-25(19,32-20)17-8-10-18(11-9-17)26(28,29)30/h1-2,6-12,14,19-20,32H,3-5,13,15-16H2/t19-,20?,25-/m1/s1. The van der Waals surface area contributed by atoms with E-state index in [2.05, 4.69) is 10.3 Å². The zero-order valence-electron chi connectivity index (χ0n) is 18.5. The number of hydrogen-bond donors (Lipinski definition) is 1. The second-order valence-corrected chi connectivity index (χ2v) is 9.29. The monoisotopic (exact) mass is 471 g/mol. The van der Waals surface area contributed by atoms with E-state index in [9.17, 15) is 22.4 Å². The average Bonchev–Trinajstić information content (AvgIpc) is 3.38. The number of alkyl halides is 3. The second-order valence-electron chi connectivity index (χ2n) is 9.29. The summed E-state index contributed by atoms with van der Waals surface area (Å²) in [5.41, 5.74) is 0.355. The van der Waals surface area contributed by atoms with Gasteiger partial charge in [0.05, 0.1) is 11.3 Å². The van der Waals surface area contributed by atoms with E-state index in [-0.39, 0.29) is 5.54 Å². The quantitative estimate of drug-likeness (QED) is 0.365. The molecule has 2 fully saturated rings. The highest BCUT2D eigenvalue weighted by atomic mass is 19.4. The zero-order chi connectivity index (χ0) is 23.9. The minimum atomic E-state index is -4.32. The molecule has 1 N–H and O–H groups in total. The molecule has 0 spiro atoms. The summed E-state index contributed by atoms with van der Waals surface area (Å²) in [5, 5.41) is 3.66. The van der Waals surface area contributed by atoms with Gasteiger partial charge in [-0.25, -0.2) is 9.18 Å². The Balaban J connectivity index is 1.12. The van der Waals surface area contributed by atoms with Crippen molar-refractivity contribution < 1.29 is 17.6 Å². The van der Waals surface area contributed by atoms with Gasteiger partial charge in [-0.15, -0.1) is 0 Å². The first-order valence-corrected chi connectivity index (χ1v) is 11.5. The highest BCUT2D eigenvalue weighted by Gasteiger charge is 2.60. The molecule has 3 atom stereocenters. The molecule has 5 rings (SSSR count). The van der Waals surface area contributed by atoms with Crippen LogP contribution < -0.4 is 11.0 Å². The molecule has 1 saturated heterocycles. The maximum absolute atomic E-state index is 13.9. The van der Waals surface area contributed by atoms with E-state index >= 15 is 0 Å². The SMILES string of the molecule is O=c1nc(-c2ccccc2F)ccn1CCCCC1C[C@@H]2C[C@]2(c2ccc(C(F)(F)F)cc2)N1. The van der Waals surface area contributed by atoms with Gasteiger partial charge in [0.25, 0.3) is 0 Å². The number of nitrogens with one attached hydrogen (secondary N) is 1. The fourth-order valence-corrected chi connectivity index (χ4v) is 5.23. The topological polar surface area (TPSA) is 46.9 Å². The number of halogens is 4. The molecule has 178 valence electrons. The van der Waals surface area contributed by atoms with Gasteiger partial charge in [-0.2, -0.15) is 18.2 Å². The maximum Gasteiger partial charge on any atom is 0.416 e. The molecular weight excluding hydrogens is 446 g/mol. The lowest BCUT2D eigenvalue weighted by Crippen LogP contribution is -2.33. The summed E-state index contributed by atoms with van der Waals surface area (Å²) in [6.45, 7) is 0.531. The number of fused-ring (bicyclic) bond motifs is 1. The van der Waals surface area contributed by atoms with Gasteiger partial charge in [0.1, 0.15) is 5.82 Å². The van der Waals surface area contributed by atoms with Crippen LogP contribution in [-0.4, -0.2) is 15.6 Å². The van der Waals surface area contributed by atoms with E-state index < -0.39 is 23.2 Å². The lowest BCUT2D eigenvalue weighted by Gasteiger charge is -2.20. The molecular formula is C26H25F4N3O. The second kappa shape index (κ2) is 8.65. The van der Waals surface area contributed by atoms with Gasteiger partial charge in [-0.05, 0) is 67.5 Å². The Morgan fingerprint density at radius 1 is 1.06 bits per heavy atom. The first-order chi connectivity index (χ1) is 16.3. The van der Waals surface area contributed by atoms with E-state index in [0.717, 1.165) is 49.8 Å². The Morgan fingerprint density at radius 3 is 2.53 bits per heavy atom. The molecule has 8 heteroatoms. The van der Waals surface area contributed by atoms with E-state index in [0.29, 0.717) is 29.8 Å². The van der Waals surface area contributed by atoms with Crippen molar-refractivity contribution in [3.05, 3.63) is 88.2 Å². The van der Waals surface area contributed by atoms with Crippen molar-refractivity contribution in [2.24, 2.45) is 5.92 Å². The molecule has 1 saturated carbocycles. The Hall–Kier alpha value is -3.00. The average molecular weight is 471 g/mol. The van der Waals surface area contributed by atoms with Crippen molar-refractivity contribution in [3.63, 3.8) is 0 Å². The molecule has 1 unspecified atom stereocenters. The van der Waals surface area contributed by atoms with Crippen molar-refractivity contribution in [1.29, 1.82) is 0 Å². The minimum absolute atomic E-state index is 0.182. The maximum atomic E-state index is 13.9. The molecule has 34 heavy (non-hydrogen) atoms. The van der Waals surface area contributed by atoms with Crippen molar-refractivity contribution in [3.8, 4) is 11.3 Å². The van der Waals surface area contributed by atoms with Crippen LogP contribution in [0, 0.1) is 11.7 Å². The molecule has 3 aromatic rings. The van der Waals surface area contributed by atoms with Crippen LogP contribution in [-0.2, 0) is 18.3 Å². The summed E-state index contributed by atoms with van der Waals surface area (Å²) in [6, 6.07) is 13.7. The minimum Gasteiger partial charge on any atom is -0.304 e. The van der Waals surface area contributed by atoms with Gasteiger partial charge < -0.3 is 5.32 Å². The van der Waals surface area contributed by atoms with Crippen LogP contribution >= 0.6 is 0 Å². The lowest BCUT2D eigenvalue weighted by atomic mass is 10.0. The Labute approximate surface area is 194 Å². The number of unbranched alkanes of at least 4 members (excludes halogenated alkanes) is 1. The number of piperidine rings is 1. The molecule has 2 aromatic carbocycles. The molecule has 2 heterocycles. The van der Waals surface area contributed by atoms with Crippen molar-refractivity contribution in [2.45, 2.75) is 56.4 Å². The normalized spacial score (nSPS) is 23.6. The summed E-state index contributed by atoms with van der Waals surface area (Å²) in [7, 11) is 0. The first-order valence-electron chi connectivity index (χ1n) is 11.5. The summed E-state index contributed by atoms with van der Waals surface area (Å²) < 4.78 is 54.0. The van der Waals surface area contributed by atoms with Crippen molar-refractivity contribution >= 4 is 0 Å². The molecule has 0 amide bonds. The summed E-state index contributed by atoms with van der Waals surface area (Å²) in [5.74, 6) is 0.0512. The fraction of sp³-hybridized carbons (Fsp3) is 0.385. The van der Waals surface area contributed by atoms with Crippen molar-refractivity contribution in [1.82, 2.24) is 14.9 Å². The first kappa shape index (κ1) is 22.8. The van der Waals surface area contributed by atoms with E-state index in [4.69, 9.17) is 0 Å². The van der Waals surface area contributed by atoms with Gasteiger partial charge >= 0.3 is 11.9 Å². The summed E-state index contributed by atoms with van der Waals surface area (Å²) in [4.78, 5) is 16.4. The number of hydrogen-bond acceptors (Lipinski definition) is 3. The van der Waals surface area contributed by atoms with Gasteiger partial charge in [-0.3, -0.25) is 4.57 Å². The third-order valence-corrected chi connectivity index (χ3v) is 7.09. The van der Waals surface area contributed by atoms with Crippen LogP contribution in [0.4, 0.5) is 17.6 Å². The largest absolute Gasteiger partial charge is 0.416 e. The summed E-state index contributed by atoms with van der Waals surface area (Å²) >= 11 is 0. The van der Waals surface area contributed by atoms with Crippen LogP contribution in [0.1, 0.15) is 43.2 Å². The van der Waals surface area contributed by atoms with Crippen LogP contribution in [0.25, 0.3) is 11.3 Å². The van der Waals surface area contributed by atoms with Gasteiger partial charge in [0.15, 0.2) is 0 Å². The van der Waals surface area contributed by atoms with Gasteiger partial charge in [-0.1, -0.05) is 30.7 Å². The Morgan fingerprint density at radius 2 is 1.82 bits per heavy atom. The van der Waals surface area contributed by atoms with Gasteiger partial charge in [0.2, 0.25) is 0 Å². The molecule has 1 aromatic heterocycles. The fourth-order valence-electron chi connectivity index (χ4n) is 5.23. The molecule has 2 aliphatic rings. The Bertz CT molecular complexity index is 1240. The molecule has 0 bridgehead atoms. The zero-order valence-corrected chi connectivity index (χ0v) is 18.5. The van der Waals surface area contributed by atoms with Crippen LogP contribution in [0.3, 0.4) is 0 Å². The van der Waals surface area contributed by atoms with Crippen LogP contribution in [0.15, 0.2) is 65.6 Å². The number of aryl methyl sites for hydroxylation is 1.